The van der Waals surface area contributed by atoms with Crippen molar-refractivity contribution in [3.63, 3.8) is 0 Å². The molecule has 250 valence electrons. The fourth-order valence-corrected chi connectivity index (χ4v) is 5.13. The van der Waals surface area contributed by atoms with E-state index in [1.165, 1.54) is 21.9 Å². The van der Waals surface area contributed by atoms with Crippen LogP contribution in [0.15, 0.2) is 60.7 Å². The van der Waals surface area contributed by atoms with Crippen LogP contribution in [0.2, 0.25) is 0 Å². The molecule has 0 spiro atoms. The van der Waals surface area contributed by atoms with Crippen LogP contribution in [0.25, 0.3) is 0 Å². The normalized spacial score (nSPS) is 17.9. The van der Waals surface area contributed by atoms with Gasteiger partial charge in [-0.25, -0.2) is 9.59 Å². The number of anilines is 3. The molecule has 0 aromatic heterocycles. The molecule has 2 heterocycles. The Morgan fingerprint density at radius 2 is 1.72 bits per heavy atom. The summed E-state index contributed by atoms with van der Waals surface area (Å²) in [4.78, 5) is 42.8. The number of fused-ring (bicyclic) bond motifs is 2. The molecule has 0 bridgehead atoms. The lowest BCUT2D eigenvalue weighted by Crippen LogP contribution is -2.50. The number of amides is 5. The van der Waals surface area contributed by atoms with E-state index < -0.39 is 41.9 Å². The second-order valence-electron chi connectivity index (χ2n) is 11.3. The van der Waals surface area contributed by atoms with Crippen LogP contribution < -0.4 is 30.2 Å². The van der Waals surface area contributed by atoms with Crippen molar-refractivity contribution in [2.45, 2.75) is 32.2 Å². The third kappa shape index (κ3) is 7.62. The first kappa shape index (κ1) is 33.2. The molecule has 0 saturated carbocycles. The van der Waals surface area contributed by atoms with Gasteiger partial charge in [0.25, 0.3) is 5.91 Å². The van der Waals surface area contributed by atoms with Gasteiger partial charge in [-0.2, -0.15) is 13.2 Å². The number of benzene rings is 3. The molecule has 0 aliphatic carbocycles. The minimum atomic E-state index is -4.53. The number of urea groups is 2. The Morgan fingerprint density at radius 1 is 1.02 bits per heavy atom. The second kappa shape index (κ2) is 13.7. The molecule has 4 N–H and O–H groups in total. The van der Waals surface area contributed by atoms with Crippen LogP contribution in [-0.4, -0.2) is 78.6 Å². The summed E-state index contributed by atoms with van der Waals surface area (Å²) in [6.07, 6.45) is -5.22. The molecule has 3 atom stereocenters. The molecule has 5 rings (SSSR count). The number of likely N-dealkylation sites (N-methyl/N-ethyl adjacent to an activating group) is 1. The van der Waals surface area contributed by atoms with Crippen LogP contribution in [0.3, 0.4) is 0 Å². The lowest BCUT2D eigenvalue weighted by Gasteiger charge is -2.38. The summed E-state index contributed by atoms with van der Waals surface area (Å²) in [5.41, 5.74) is -0.0420. The lowest BCUT2D eigenvalue weighted by atomic mass is 9.99. The summed E-state index contributed by atoms with van der Waals surface area (Å²) in [7, 11) is 1.58. The average Bonchev–Trinajstić information content (AvgIpc) is 3.50. The maximum atomic E-state index is 13.7. The van der Waals surface area contributed by atoms with Gasteiger partial charge in [0, 0.05) is 37.0 Å². The molecule has 5 amide bonds. The number of rotatable bonds is 7. The van der Waals surface area contributed by atoms with Gasteiger partial charge in [0.2, 0.25) is 6.79 Å². The smallest absolute Gasteiger partial charge is 0.416 e. The molecule has 2 aliphatic heterocycles. The van der Waals surface area contributed by atoms with Crippen LogP contribution in [0, 0.1) is 5.92 Å². The number of ether oxygens (including phenoxy) is 3. The van der Waals surface area contributed by atoms with Gasteiger partial charge in [-0.15, -0.1) is 0 Å². The van der Waals surface area contributed by atoms with Gasteiger partial charge in [0.05, 0.1) is 36.0 Å². The van der Waals surface area contributed by atoms with Crippen molar-refractivity contribution < 1.29 is 46.9 Å². The second-order valence-corrected chi connectivity index (χ2v) is 11.3. The Balaban J connectivity index is 1.37. The van der Waals surface area contributed by atoms with Crippen LogP contribution >= 0.6 is 0 Å². The number of carbonyl (C=O) groups is 3. The van der Waals surface area contributed by atoms with Crippen molar-refractivity contribution >= 4 is 35.0 Å². The number of carbonyl (C=O) groups excluding carboxylic acids is 3. The van der Waals surface area contributed by atoms with E-state index in [0.29, 0.717) is 17.2 Å². The van der Waals surface area contributed by atoms with Gasteiger partial charge in [-0.3, -0.25) is 4.79 Å². The largest absolute Gasteiger partial charge is 0.485 e. The van der Waals surface area contributed by atoms with E-state index in [1.807, 2.05) is 6.92 Å². The first-order valence-corrected chi connectivity index (χ1v) is 14.7. The first-order valence-electron chi connectivity index (χ1n) is 14.7. The molecule has 0 unspecified atom stereocenters. The zero-order chi connectivity index (χ0) is 33.9. The number of para-hydroxylation sites is 1. The van der Waals surface area contributed by atoms with Crippen molar-refractivity contribution in [1.29, 1.82) is 0 Å². The number of hydrogen-bond donors (Lipinski definition) is 4. The number of nitrogens with one attached hydrogen (secondary N) is 3. The predicted octanol–water partition coefficient (Wildman–Crippen LogP) is 5.46. The Hall–Kier alpha value is -5.18. The molecule has 15 heteroatoms. The molecule has 12 nitrogen and oxygen atoms in total. The SMILES string of the molecule is C[C@@H]1CN([C@@H](C)CO)C(=O)c2cccc(NC(=O)Nc3ccc(C(F)(F)F)cc3)c2O[C@@H]1CN(C)C(=O)Nc1ccc2c(c1)OCO2. The predicted molar refractivity (Wildman–Crippen MR) is 166 cm³/mol. The van der Waals surface area contributed by atoms with Gasteiger partial charge < -0.3 is 45.1 Å². The summed E-state index contributed by atoms with van der Waals surface area (Å²) in [6.45, 7) is 3.61. The summed E-state index contributed by atoms with van der Waals surface area (Å²) < 4.78 is 56.0. The van der Waals surface area contributed by atoms with Crippen molar-refractivity contribution in [3.05, 3.63) is 71.8 Å². The minimum Gasteiger partial charge on any atom is -0.485 e. The van der Waals surface area contributed by atoms with Crippen LogP contribution in [0.4, 0.5) is 39.8 Å². The summed E-state index contributed by atoms with van der Waals surface area (Å²) in [6, 6.07) is 11.7. The van der Waals surface area contributed by atoms with Crippen molar-refractivity contribution in [1.82, 2.24) is 9.80 Å². The number of halogens is 3. The monoisotopic (exact) mass is 657 g/mol. The van der Waals surface area contributed by atoms with E-state index in [-0.39, 0.29) is 55.1 Å². The molecule has 0 saturated heterocycles. The third-order valence-electron chi connectivity index (χ3n) is 7.83. The van der Waals surface area contributed by atoms with E-state index in [9.17, 15) is 32.7 Å². The number of hydrogen-bond acceptors (Lipinski definition) is 7. The Morgan fingerprint density at radius 3 is 2.43 bits per heavy atom. The zero-order valence-electron chi connectivity index (χ0n) is 25.8. The van der Waals surface area contributed by atoms with Crippen molar-refractivity contribution in [2.24, 2.45) is 5.92 Å². The van der Waals surface area contributed by atoms with Gasteiger partial charge >= 0.3 is 18.2 Å². The molecular weight excluding hydrogens is 623 g/mol. The number of aliphatic hydroxyl groups excluding tert-OH is 1. The van der Waals surface area contributed by atoms with Gasteiger partial charge in [0.15, 0.2) is 17.2 Å². The lowest BCUT2D eigenvalue weighted by molar-refractivity contribution is -0.137. The number of aliphatic hydroxyl groups is 1. The standard InChI is InChI=1S/C32H34F3N5O7/c1-18-14-40(19(2)16-41)29(42)23-5-4-6-24(38-30(43)36-21-9-7-20(8-10-21)32(33,34)35)28(23)47-27(18)15-39(3)31(44)37-22-11-12-25-26(13-22)46-17-45-25/h4-13,18-19,27,41H,14-17H2,1-3H3,(H,37,44)(H2,36,38,43)/t18-,19+,27-/m1/s1. The minimum absolute atomic E-state index is 0.0383. The average molecular weight is 658 g/mol. The van der Waals surface area contributed by atoms with Crippen molar-refractivity contribution in [2.75, 3.05) is 49.5 Å². The zero-order valence-corrected chi connectivity index (χ0v) is 25.8. The summed E-state index contributed by atoms with van der Waals surface area (Å²) in [5.74, 6) is 0.324. The van der Waals surface area contributed by atoms with E-state index >= 15 is 0 Å². The van der Waals surface area contributed by atoms with E-state index in [0.717, 1.165) is 24.3 Å². The fourth-order valence-electron chi connectivity index (χ4n) is 5.13. The third-order valence-corrected chi connectivity index (χ3v) is 7.83. The fraction of sp³-hybridized carbons (Fsp3) is 0.344. The number of alkyl halides is 3. The quantitative estimate of drug-likeness (QED) is 0.264. The topological polar surface area (TPSA) is 142 Å². The molecule has 2 aliphatic rings. The Labute approximate surface area is 268 Å². The van der Waals surface area contributed by atoms with Gasteiger partial charge in [-0.05, 0) is 55.5 Å². The van der Waals surface area contributed by atoms with Crippen LogP contribution in [-0.2, 0) is 6.18 Å². The Kier molecular flexibility index (Phi) is 9.65. The van der Waals surface area contributed by atoms with E-state index in [1.54, 1.807) is 38.2 Å². The highest BCUT2D eigenvalue weighted by Gasteiger charge is 2.35. The van der Waals surface area contributed by atoms with E-state index in [4.69, 9.17) is 14.2 Å². The number of nitrogens with zero attached hydrogens (tertiary/aromatic N) is 2. The highest BCUT2D eigenvalue weighted by molar-refractivity contribution is 6.04. The summed E-state index contributed by atoms with van der Waals surface area (Å²) in [5, 5.41) is 17.8. The summed E-state index contributed by atoms with van der Waals surface area (Å²) >= 11 is 0. The molecule has 3 aromatic rings. The van der Waals surface area contributed by atoms with Crippen molar-refractivity contribution in [3.8, 4) is 17.2 Å². The maximum Gasteiger partial charge on any atom is 0.416 e. The van der Waals surface area contributed by atoms with Gasteiger partial charge in [-0.1, -0.05) is 13.0 Å². The highest BCUT2D eigenvalue weighted by Crippen LogP contribution is 2.36. The van der Waals surface area contributed by atoms with Crippen LogP contribution in [0.5, 0.6) is 17.2 Å². The molecule has 0 radical (unpaired) electrons. The van der Waals surface area contributed by atoms with Gasteiger partial charge in [0.1, 0.15) is 6.10 Å². The molecular formula is C32H34F3N5O7. The molecule has 3 aromatic carbocycles. The maximum absolute atomic E-state index is 13.7. The Bertz CT molecular complexity index is 1640. The van der Waals surface area contributed by atoms with E-state index in [2.05, 4.69) is 16.0 Å². The highest BCUT2D eigenvalue weighted by atomic mass is 19.4. The van der Waals surface area contributed by atoms with Crippen LogP contribution in [0.1, 0.15) is 29.8 Å². The molecule has 0 fully saturated rings. The first-order chi connectivity index (χ1) is 22.3. The molecule has 47 heavy (non-hydrogen) atoms.